The van der Waals surface area contributed by atoms with Crippen LogP contribution in [0.25, 0.3) is 0 Å². The Morgan fingerprint density at radius 3 is 2.79 bits per heavy atom. The van der Waals surface area contributed by atoms with Crippen LogP contribution >= 0.6 is 0 Å². The molecule has 2 rings (SSSR count). The molecule has 1 N–H and O–H groups in total. The molecule has 0 atom stereocenters. The first-order valence-corrected chi connectivity index (χ1v) is 4.40. The zero-order valence-corrected chi connectivity index (χ0v) is 7.48. The highest BCUT2D eigenvalue weighted by Crippen LogP contribution is 2.13. The summed E-state index contributed by atoms with van der Waals surface area (Å²) in [6.07, 6.45) is -0.424. The van der Waals surface area contributed by atoms with Gasteiger partial charge in [0.25, 0.3) is 5.91 Å². The molecule has 14 heavy (non-hydrogen) atoms. The molecule has 0 radical (unpaired) electrons. The van der Waals surface area contributed by atoms with Gasteiger partial charge in [-0.3, -0.25) is 4.79 Å². The largest absolute Gasteiger partial charge is 0.389 e. The molecule has 1 aromatic carbocycles. The van der Waals surface area contributed by atoms with Crippen LogP contribution in [0.1, 0.15) is 10.4 Å². The quantitative estimate of drug-likeness (QED) is 0.714. The van der Waals surface area contributed by atoms with Crippen molar-refractivity contribution < 1.29 is 14.3 Å². The molecular formula is C10H10FNO2. The average Bonchev–Trinajstić information content (AvgIpc) is 2.12. The van der Waals surface area contributed by atoms with Gasteiger partial charge in [-0.2, -0.15) is 0 Å². The standard InChI is InChI=1S/C10H10FNO2/c11-8-3-1-2-7(4-8)10(14)12-5-9(13)6-12/h1-4,9,13H,5-6H2. The zero-order chi connectivity index (χ0) is 10.1. The van der Waals surface area contributed by atoms with E-state index in [2.05, 4.69) is 0 Å². The Balaban J connectivity index is 2.12. The lowest BCUT2D eigenvalue weighted by Gasteiger charge is -2.35. The van der Waals surface area contributed by atoms with Crippen LogP contribution in [-0.2, 0) is 0 Å². The van der Waals surface area contributed by atoms with Crippen LogP contribution in [0.4, 0.5) is 4.39 Å². The molecule has 3 nitrogen and oxygen atoms in total. The predicted octanol–water partition coefficient (Wildman–Crippen LogP) is 0.642. The Hall–Kier alpha value is -1.42. The number of likely N-dealkylation sites (tertiary alicyclic amines) is 1. The minimum Gasteiger partial charge on any atom is -0.389 e. The van der Waals surface area contributed by atoms with E-state index in [1.165, 1.54) is 23.1 Å². The number of rotatable bonds is 1. The van der Waals surface area contributed by atoms with Gasteiger partial charge >= 0.3 is 0 Å². The molecule has 4 heteroatoms. The Morgan fingerprint density at radius 2 is 2.21 bits per heavy atom. The van der Waals surface area contributed by atoms with E-state index < -0.39 is 11.9 Å². The molecule has 1 aliphatic heterocycles. The summed E-state index contributed by atoms with van der Waals surface area (Å²) < 4.78 is 12.8. The van der Waals surface area contributed by atoms with Crippen molar-refractivity contribution in [2.24, 2.45) is 0 Å². The van der Waals surface area contributed by atoms with Gasteiger partial charge in [0.15, 0.2) is 0 Å². The Bertz CT molecular complexity index is 361. The van der Waals surface area contributed by atoms with E-state index in [1.807, 2.05) is 0 Å². The van der Waals surface area contributed by atoms with Gasteiger partial charge in [0.1, 0.15) is 5.82 Å². The second-order valence-electron chi connectivity index (χ2n) is 3.37. The van der Waals surface area contributed by atoms with E-state index in [9.17, 15) is 9.18 Å². The third-order valence-corrected chi connectivity index (χ3v) is 2.22. The van der Waals surface area contributed by atoms with E-state index in [4.69, 9.17) is 5.11 Å². The van der Waals surface area contributed by atoms with Crippen molar-refractivity contribution in [3.63, 3.8) is 0 Å². The van der Waals surface area contributed by atoms with E-state index in [1.54, 1.807) is 6.07 Å². The Kier molecular flexibility index (Phi) is 2.21. The van der Waals surface area contributed by atoms with Crippen molar-refractivity contribution in [3.8, 4) is 0 Å². The summed E-state index contributed by atoms with van der Waals surface area (Å²) in [6.45, 7) is 0.685. The summed E-state index contributed by atoms with van der Waals surface area (Å²) in [4.78, 5) is 13.1. The van der Waals surface area contributed by atoms with Gasteiger partial charge < -0.3 is 10.0 Å². The Labute approximate surface area is 80.8 Å². The van der Waals surface area contributed by atoms with Crippen molar-refractivity contribution in [2.75, 3.05) is 13.1 Å². The van der Waals surface area contributed by atoms with Crippen LogP contribution in [0, 0.1) is 5.82 Å². The molecule has 1 aliphatic rings. The lowest BCUT2D eigenvalue weighted by Crippen LogP contribution is -2.53. The summed E-state index contributed by atoms with van der Waals surface area (Å²) in [5.74, 6) is -0.647. The first kappa shape index (κ1) is 9.15. The molecule has 1 saturated heterocycles. The molecule has 1 fully saturated rings. The monoisotopic (exact) mass is 195 g/mol. The number of aliphatic hydroxyl groups is 1. The molecule has 0 bridgehead atoms. The number of halogens is 1. The highest BCUT2D eigenvalue weighted by molar-refractivity contribution is 5.94. The second-order valence-corrected chi connectivity index (χ2v) is 3.37. The Morgan fingerprint density at radius 1 is 1.50 bits per heavy atom. The lowest BCUT2D eigenvalue weighted by molar-refractivity contribution is 0.00587. The SMILES string of the molecule is O=C(c1cccc(F)c1)N1CC(O)C1. The number of carbonyl (C=O) groups excluding carboxylic acids is 1. The van der Waals surface area contributed by atoms with E-state index in [0.717, 1.165) is 0 Å². The third-order valence-electron chi connectivity index (χ3n) is 2.22. The summed E-state index contributed by atoms with van der Waals surface area (Å²) >= 11 is 0. The highest BCUT2D eigenvalue weighted by atomic mass is 19.1. The van der Waals surface area contributed by atoms with Crippen molar-refractivity contribution >= 4 is 5.91 Å². The van der Waals surface area contributed by atoms with Gasteiger partial charge in [-0.15, -0.1) is 0 Å². The maximum atomic E-state index is 12.8. The first-order valence-electron chi connectivity index (χ1n) is 4.40. The topological polar surface area (TPSA) is 40.5 Å². The molecule has 0 saturated carbocycles. The van der Waals surface area contributed by atoms with Crippen LogP contribution < -0.4 is 0 Å². The molecule has 0 spiro atoms. The lowest BCUT2D eigenvalue weighted by atomic mass is 10.1. The number of hydrogen-bond donors (Lipinski definition) is 1. The van der Waals surface area contributed by atoms with Crippen LogP contribution in [0.2, 0.25) is 0 Å². The molecule has 74 valence electrons. The fourth-order valence-corrected chi connectivity index (χ4v) is 1.43. The number of hydrogen-bond acceptors (Lipinski definition) is 2. The molecule has 1 aromatic rings. The smallest absolute Gasteiger partial charge is 0.254 e. The highest BCUT2D eigenvalue weighted by Gasteiger charge is 2.29. The zero-order valence-electron chi connectivity index (χ0n) is 7.48. The maximum Gasteiger partial charge on any atom is 0.254 e. The molecule has 1 amide bonds. The minimum atomic E-state index is -0.424. The number of nitrogens with zero attached hydrogens (tertiary/aromatic N) is 1. The molecular weight excluding hydrogens is 185 g/mol. The number of β-amino-alcohol motifs (C(OH)–C–C–N with tert-alkyl or cyclic N) is 1. The first-order chi connectivity index (χ1) is 6.66. The van der Waals surface area contributed by atoms with Crippen molar-refractivity contribution in [1.82, 2.24) is 4.90 Å². The van der Waals surface area contributed by atoms with Gasteiger partial charge in [-0.1, -0.05) is 6.07 Å². The maximum absolute atomic E-state index is 12.8. The summed E-state index contributed by atoms with van der Waals surface area (Å²) in [7, 11) is 0. The van der Waals surface area contributed by atoms with Crippen LogP contribution in [0.3, 0.4) is 0 Å². The number of carbonyl (C=O) groups is 1. The van der Waals surface area contributed by atoms with Gasteiger partial charge in [0.2, 0.25) is 0 Å². The average molecular weight is 195 g/mol. The third kappa shape index (κ3) is 1.61. The normalized spacial score (nSPS) is 16.6. The minimum absolute atomic E-state index is 0.227. The van der Waals surface area contributed by atoms with Crippen LogP contribution in [0.5, 0.6) is 0 Å². The van der Waals surface area contributed by atoms with Crippen molar-refractivity contribution in [2.45, 2.75) is 6.10 Å². The second kappa shape index (κ2) is 3.38. The molecule has 1 heterocycles. The van der Waals surface area contributed by atoms with Gasteiger partial charge in [-0.05, 0) is 18.2 Å². The van der Waals surface area contributed by atoms with Crippen LogP contribution in [-0.4, -0.2) is 35.1 Å². The van der Waals surface area contributed by atoms with Crippen LogP contribution in [0.15, 0.2) is 24.3 Å². The van der Waals surface area contributed by atoms with Gasteiger partial charge in [0, 0.05) is 18.7 Å². The van der Waals surface area contributed by atoms with Crippen molar-refractivity contribution in [3.05, 3.63) is 35.6 Å². The molecule has 0 aromatic heterocycles. The summed E-state index contributed by atoms with van der Waals surface area (Å²) in [5.41, 5.74) is 0.330. The van der Waals surface area contributed by atoms with Crippen molar-refractivity contribution in [1.29, 1.82) is 0 Å². The summed E-state index contributed by atoms with van der Waals surface area (Å²) in [5, 5.41) is 9.00. The van der Waals surface area contributed by atoms with Gasteiger partial charge in [0.05, 0.1) is 6.10 Å². The molecule has 0 aliphatic carbocycles. The number of amides is 1. The fourth-order valence-electron chi connectivity index (χ4n) is 1.43. The van der Waals surface area contributed by atoms with Gasteiger partial charge in [-0.25, -0.2) is 4.39 Å². The van der Waals surface area contributed by atoms with E-state index in [0.29, 0.717) is 18.7 Å². The number of benzene rings is 1. The predicted molar refractivity (Wildman–Crippen MR) is 48.3 cm³/mol. The molecule has 0 unspecified atom stereocenters. The van der Waals surface area contributed by atoms with E-state index in [-0.39, 0.29) is 5.91 Å². The van der Waals surface area contributed by atoms with E-state index >= 15 is 0 Å². The fraction of sp³-hybridized carbons (Fsp3) is 0.300. The summed E-state index contributed by atoms with van der Waals surface area (Å²) in [6, 6.07) is 5.56. The number of aliphatic hydroxyl groups excluding tert-OH is 1.